The monoisotopic (exact) mass is 222 g/mol. The molecule has 0 aliphatic heterocycles. The van der Waals surface area contributed by atoms with Gasteiger partial charge in [-0.3, -0.25) is 0 Å². The molecular weight excluding hydrogens is 213 g/mol. The summed E-state index contributed by atoms with van der Waals surface area (Å²) in [7, 11) is 1.20. The molecule has 1 aromatic heterocycles. The number of hydrogen-bond acceptors (Lipinski definition) is 4. The third-order valence-corrected chi connectivity index (χ3v) is 1.53. The van der Waals surface area contributed by atoms with Crippen LogP contribution in [0.15, 0.2) is 12.3 Å². The topological polar surface area (TPSA) is 57.4 Å². The van der Waals surface area contributed by atoms with Crippen molar-refractivity contribution in [1.82, 2.24) is 4.98 Å². The van der Waals surface area contributed by atoms with Crippen LogP contribution in [0.4, 0.5) is 13.2 Å². The van der Waals surface area contributed by atoms with Crippen molar-refractivity contribution >= 4 is 0 Å². The summed E-state index contributed by atoms with van der Waals surface area (Å²) in [6, 6.07) is 1.14. The van der Waals surface area contributed by atoms with Crippen molar-refractivity contribution in [3.05, 3.63) is 17.8 Å². The highest BCUT2D eigenvalue weighted by Gasteiger charge is 2.32. The van der Waals surface area contributed by atoms with Crippen LogP contribution >= 0.6 is 0 Å². The van der Waals surface area contributed by atoms with Crippen molar-refractivity contribution in [1.29, 1.82) is 0 Å². The predicted molar refractivity (Wildman–Crippen MR) is 45.4 cm³/mol. The maximum Gasteiger partial charge on any atom is 0.573 e. The van der Waals surface area contributed by atoms with E-state index in [4.69, 9.17) is 5.73 Å². The van der Waals surface area contributed by atoms with E-state index in [1.54, 1.807) is 0 Å². The Balaban J connectivity index is 3.01. The van der Waals surface area contributed by atoms with Crippen LogP contribution in [0.5, 0.6) is 11.6 Å². The maximum atomic E-state index is 12.0. The van der Waals surface area contributed by atoms with Crippen molar-refractivity contribution in [2.24, 2.45) is 5.73 Å². The van der Waals surface area contributed by atoms with Gasteiger partial charge in [0.15, 0.2) is 5.75 Å². The first-order chi connectivity index (χ1) is 6.96. The lowest BCUT2D eigenvalue weighted by molar-refractivity contribution is -0.275. The molecular formula is C8H9F3N2O2. The van der Waals surface area contributed by atoms with Gasteiger partial charge in [-0.2, -0.15) is 0 Å². The molecule has 1 rings (SSSR count). The Kier molecular flexibility index (Phi) is 3.35. The van der Waals surface area contributed by atoms with Crippen molar-refractivity contribution < 1.29 is 22.6 Å². The highest BCUT2D eigenvalue weighted by molar-refractivity contribution is 5.36. The summed E-state index contributed by atoms with van der Waals surface area (Å²) in [5, 5.41) is 0. The van der Waals surface area contributed by atoms with Gasteiger partial charge >= 0.3 is 6.36 Å². The number of alkyl halides is 3. The summed E-state index contributed by atoms with van der Waals surface area (Å²) >= 11 is 0. The lowest BCUT2D eigenvalue weighted by Crippen LogP contribution is -2.18. The van der Waals surface area contributed by atoms with E-state index in [2.05, 4.69) is 14.5 Å². The second-order valence-corrected chi connectivity index (χ2v) is 2.60. The van der Waals surface area contributed by atoms with Gasteiger partial charge in [0.1, 0.15) is 0 Å². The number of halogens is 3. The van der Waals surface area contributed by atoms with Crippen LogP contribution in [0.25, 0.3) is 0 Å². The fourth-order valence-electron chi connectivity index (χ4n) is 0.935. The van der Waals surface area contributed by atoms with Crippen LogP contribution in [0, 0.1) is 0 Å². The number of aromatic nitrogens is 1. The van der Waals surface area contributed by atoms with Gasteiger partial charge in [-0.15, -0.1) is 13.2 Å². The van der Waals surface area contributed by atoms with Crippen molar-refractivity contribution in [3.8, 4) is 11.6 Å². The Hall–Kier alpha value is -1.50. The zero-order valence-electron chi connectivity index (χ0n) is 7.84. The lowest BCUT2D eigenvalue weighted by Gasteiger charge is -2.12. The molecule has 4 nitrogen and oxygen atoms in total. The molecule has 0 spiro atoms. The van der Waals surface area contributed by atoms with E-state index in [9.17, 15) is 13.2 Å². The third kappa shape index (κ3) is 3.28. The number of nitrogens with zero attached hydrogens (tertiary/aromatic N) is 1. The molecule has 1 heterocycles. The van der Waals surface area contributed by atoms with E-state index in [-0.39, 0.29) is 12.4 Å². The number of ether oxygens (including phenoxy) is 2. The Labute approximate surface area is 83.8 Å². The molecule has 1 aromatic rings. The Morgan fingerprint density at radius 1 is 1.47 bits per heavy atom. The average molecular weight is 222 g/mol. The van der Waals surface area contributed by atoms with E-state index in [1.807, 2.05) is 0 Å². The first-order valence-electron chi connectivity index (χ1n) is 3.95. The van der Waals surface area contributed by atoms with Gasteiger partial charge in [0.2, 0.25) is 0 Å². The SMILES string of the molecule is COc1ncc(CN)cc1OC(F)(F)F. The molecule has 0 aliphatic carbocycles. The van der Waals surface area contributed by atoms with Crippen LogP contribution in [-0.4, -0.2) is 18.5 Å². The minimum Gasteiger partial charge on any atom is -0.478 e. The smallest absolute Gasteiger partial charge is 0.478 e. The molecule has 0 saturated carbocycles. The van der Waals surface area contributed by atoms with Gasteiger partial charge in [0.05, 0.1) is 7.11 Å². The molecule has 0 bridgehead atoms. The second kappa shape index (κ2) is 4.35. The molecule has 0 atom stereocenters. The Morgan fingerprint density at radius 3 is 2.60 bits per heavy atom. The molecule has 0 saturated heterocycles. The molecule has 0 amide bonds. The highest BCUT2D eigenvalue weighted by atomic mass is 19.4. The summed E-state index contributed by atoms with van der Waals surface area (Å²) in [5.74, 6) is -0.725. The number of hydrogen-bond donors (Lipinski definition) is 1. The first-order valence-corrected chi connectivity index (χ1v) is 3.95. The van der Waals surface area contributed by atoms with E-state index < -0.39 is 12.1 Å². The normalized spacial score (nSPS) is 11.3. The minimum absolute atomic E-state index is 0.0746. The fourth-order valence-corrected chi connectivity index (χ4v) is 0.935. The van der Waals surface area contributed by atoms with E-state index in [1.165, 1.54) is 13.3 Å². The van der Waals surface area contributed by atoms with Crippen LogP contribution in [-0.2, 0) is 6.54 Å². The van der Waals surface area contributed by atoms with Gasteiger partial charge in [0.25, 0.3) is 5.88 Å². The molecule has 0 unspecified atom stereocenters. The van der Waals surface area contributed by atoms with Gasteiger partial charge in [-0.1, -0.05) is 0 Å². The van der Waals surface area contributed by atoms with Crippen molar-refractivity contribution in [2.75, 3.05) is 7.11 Å². The molecule has 0 aliphatic rings. The average Bonchev–Trinajstić information content (AvgIpc) is 2.15. The van der Waals surface area contributed by atoms with E-state index in [0.717, 1.165) is 6.07 Å². The Bertz CT molecular complexity index is 341. The number of nitrogens with two attached hydrogens (primary N) is 1. The summed E-state index contributed by atoms with van der Waals surface area (Å²) in [6.07, 6.45) is -3.45. The third-order valence-electron chi connectivity index (χ3n) is 1.53. The van der Waals surface area contributed by atoms with Crippen LogP contribution in [0.3, 0.4) is 0 Å². The number of methoxy groups -OCH3 is 1. The summed E-state index contributed by atoms with van der Waals surface area (Å²) in [5.41, 5.74) is 5.68. The molecule has 7 heteroatoms. The minimum atomic E-state index is -4.78. The van der Waals surface area contributed by atoms with Crippen molar-refractivity contribution in [3.63, 3.8) is 0 Å². The quantitative estimate of drug-likeness (QED) is 0.840. The first kappa shape index (κ1) is 11.6. The molecule has 0 fully saturated rings. The molecule has 84 valence electrons. The Morgan fingerprint density at radius 2 is 2.13 bits per heavy atom. The van der Waals surface area contributed by atoms with Crippen LogP contribution in [0.1, 0.15) is 5.56 Å². The molecule has 15 heavy (non-hydrogen) atoms. The van der Waals surface area contributed by atoms with Crippen LogP contribution < -0.4 is 15.2 Å². The van der Waals surface area contributed by atoms with Gasteiger partial charge in [-0.05, 0) is 11.6 Å². The zero-order valence-corrected chi connectivity index (χ0v) is 7.84. The highest BCUT2D eigenvalue weighted by Crippen LogP contribution is 2.30. The number of pyridine rings is 1. The lowest BCUT2D eigenvalue weighted by atomic mass is 10.3. The second-order valence-electron chi connectivity index (χ2n) is 2.60. The summed E-state index contributed by atoms with van der Waals surface area (Å²) < 4.78 is 44.2. The van der Waals surface area contributed by atoms with E-state index >= 15 is 0 Å². The largest absolute Gasteiger partial charge is 0.573 e. The number of rotatable bonds is 3. The fraction of sp³-hybridized carbons (Fsp3) is 0.375. The van der Waals surface area contributed by atoms with Gasteiger partial charge in [0, 0.05) is 12.7 Å². The van der Waals surface area contributed by atoms with E-state index in [0.29, 0.717) is 5.56 Å². The van der Waals surface area contributed by atoms with Crippen molar-refractivity contribution in [2.45, 2.75) is 12.9 Å². The van der Waals surface area contributed by atoms with Crippen LogP contribution in [0.2, 0.25) is 0 Å². The standard InChI is InChI=1S/C8H9F3N2O2/c1-14-7-6(15-8(9,10)11)2-5(3-12)4-13-7/h2,4H,3,12H2,1H3. The summed E-state index contributed by atoms with van der Waals surface area (Å²) in [4.78, 5) is 3.62. The van der Waals surface area contributed by atoms with Gasteiger partial charge in [-0.25, -0.2) is 4.98 Å². The maximum absolute atomic E-state index is 12.0. The molecule has 0 radical (unpaired) electrons. The van der Waals surface area contributed by atoms with Gasteiger partial charge < -0.3 is 15.2 Å². The molecule has 0 aromatic carbocycles. The predicted octanol–water partition coefficient (Wildman–Crippen LogP) is 1.45. The zero-order chi connectivity index (χ0) is 11.5. The molecule has 2 N–H and O–H groups in total. The summed E-state index contributed by atoms with van der Waals surface area (Å²) in [6.45, 7) is 0.0746.